The summed E-state index contributed by atoms with van der Waals surface area (Å²) in [6, 6.07) is 10.0. The number of nitrogens with one attached hydrogen (secondary N) is 1. The van der Waals surface area contributed by atoms with Gasteiger partial charge in [0.05, 0.1) is 17.1 Å². The Morgan fingerprint density at radius 2 is 2.00 bits per heavy atom. The van der Waals surface area contributed by atoms with Crippen LogP contribution in [-0.4, -0.2) is 34.5 Å². The van der Waals surface area contributed by atoms with Crippen LogP contribution in [0.25, 0.3) is 0 Å². The first-order valence-electron chi connectivity index (χ1n) is 7.01. The summed E-state index contributed by atoms with van der Waals surface area (Å²) in [4.78, 5) is 13.4. The average molecular weight is 389 g/mol. The van der Waals surface area contributed by atoms with Crippen molar-refractivity contribution in [3.63, 3.8) is 0 Å². The number of sulfonamides is 1. The molecule has 0 spiro atoms. The number of carbonyl (C=O) groups is 1. The van der Waals surface area contributed by atoms with Gasteiger partial charge in [0.25, 0.3) is 0 Å². The van der Waals surface area contributed by atoms with E-state index in [1.54, 1.807) is 24.3 Å². The fourth-order valence-electron chi connectivity index (χ4n) is 2.11. The number of benzene rings is 1. The van der Waals surface area contributed by atoms with Crippen LogP contribution >= 0.6 is 22.9 Å². The second-order valence-electron chi connectivity index (χ2n) is 4.80. The molecule has 130 valence electrons. The quantitative estimate of drug-likeness (QED) is 0.791. The maximum absolute atomic E-state index is 12.2. The Labute approximate surface area is 150 Å². The van der Waals surface area contributed by atoms with E-state index in [9.17, 15) is 13.2 Å². The van der Waals surface area contributed by atoms with Gasteiger partial charge in [-0.15, -0.1) is 11.3 Å². The highest BCUT2D eigenvalue weighted by molar-refractivity contribution is 7.91. The number of para-hydroxylation sites is 2. The smallest absolute Gasteiger partial charge is 0.250 e. The summed E-state index contributed by atoms with van der Waals surface area (Å²) in [6.45, 7) is 1.66. The first-order valence-corrected chi connectivity index (χ1v) is 9.69. The van der Waals surface area contributed by atoms with Gasteiger partial charge in [0.1, 0.15) is 9.96 Å². The maximum atomic E-state index is 12.2. The number of anilines is 1. The van der Waals surface area contributed by atoms with Crippen LogP contribution in [0.5, 0.6) is 5.75 Å². The van der Waals surface area contributed by atoms with Crippen LogP contribution in [-0.2, 0) is 14.8 Å². The van der Waals surface area contributed by atoms with Crippen molar-refractivity contribution < 1.29 is 17.9 Å². The van der Waals surface area contributed by atoms with Crippen LogP contribution in [0.4, 0.5) is 5.69 Å². The van der Waals surface area contributed by atoms with Crippen molar-refractivity contribution in [2.75, 3.05) is 25.1 Å². The maximum Gasteiger partial charge on any atom is 0.250 e. The largest absolute Gasteiger partial charge is 0.495 e. The van der Waals surface area contributed by atoms with E-state index in [1.165, 1.54) is 31.1 Å². The molecule has 0 aliphatic rings. The number of methoxy groups -OCH3 is 1. The third kappa shape index (κ3) is 4.47. The normalized spacial score (nSPS) is 11.3. The zero-order valence-electron chi connectivity index (χ0n) is 13.2. The first kappa shape index (κ1) is 18.7. The SMILES string of the molecule is COc1ccccc1N(CCNS(=O)(=O)c1ccc(Cl)s1)C(C)=O. The fraction of sp³-hybridized carbons (Fsp3) is 0.267. The molecule has 0 fully saturated rings. The number of nitrogens with zero attached hydrogens (tertiary/aromatic N) is 1. The van der Waals surface area contributed by atoms with Crippen molar-refractivity contribution in [1.29, 1.82) is 0 Å². The summed E-state index contributed by atoms with van der Waals surface area (Å²) in [5.41, 5.74) is 0.589. The number of ether oxygens (including phenoxy) is 1. The van der Waals surface area contributed by atoms with E-state index in [0.717, 1.165) is 11.3 Å². The molecular formula is C15H17ClN2O4S2. The Morgan fingerprint density at radius 3 is 2.58 bits per heavy atom. The molecule has 1 N–H and O–H groups in total. The van der Waals surface area contributed by atoms with Crippen LogP contribution in [0.1, 0.15) is 6.92 Å². The Hall–Kier alpha value is -1.61. The van der Waals surface area contributed by atoms with Crippen molar-refractivity contribution >= 4 is 44.6 Å². The lowest BCUT2D eigenvalue weighted by Crippen LogP contribution is -2.37. The van der Waals surface area contributed by atoms with E-state index in [0.29, 0.717) is 15.8 Å². The molecule has 2 rings (SSSR count). The topological polar surface area (TPSA) is 75.7 Å². The Balaban J connectivity index is 2.09. The van der Waals surface area contributed by atoms with Gasteiger partial charge in [-0.3, -0.25) is 4.79 Å². The first-order chi connectivity index (χ1) is 11.3. The molecular weight excluding hydrogens is 372 g/mol. The van der Waals surface area contributed by atoms with E-state index in [-0.39, 0.29) is 23.2 Å². The summed E-state index contributed by atoms with van der Waals surface area (Å²) in [6.07, 6.45) is 0. The Kier molecular flexibility index (Phi) is 6.22. The fourth-order valence-corrected chi connectivity index (χ4v) is 4.65. The molecule has 0 aliphatic heterocycles. The van der Waals surface area contributed by atoms with Crippen LogP contribution in [0.3, 0.4) is 0 Å². The third-order valence-electron chi connectivity index (χ3n) is 3.20. The van der Waals surface area contributed by atoms with Gasteiger partial charge in [-0.1, -0.05) is 23.7 Å². The summed E-state index contributed by atoms with van der Waals surface area (Å²) in [5.74, 6) is 0.332. The minimum absolute atomic E-state index is 0.0650. The lowest BCUT2D eigenvalue weighted by molar-refractivity contribution is -0.116. The zero-order valence-corrected chi connectivity index (χ0v) is 15.5. The molecule has 6 nitrogen and oxygen atoms in total. The number of rotatable bonds is 7. The highest BCUT2D eigenvalue weighted by Crippen LogP contribution is 2.28. The van der Waals surface area contributed by atoms with Crippen LogP contribution in [0, 0.1) is 0 Å². The number of carbonyl (C=O) groups excluding carboxylic acids is 1. The van der Waals surface area contributed by atoms with Gasteiger partial charge in [-0.2, -0.15) is 0 Å². The number of amides is 1. The van der Waals surface area contributed by atoms with E-state index in [2.05, 4.69) is 4.72 Å². The molecule has 1 aromatic carbocycles. The molecule has 0 saturated heterocycles. The second kappa shape index (κ2) is 7.98. The highest BCUT2D eigenvalue weighted by atomic mass is 35.5. The average Bonchev–Trinajstić information content (AvgIpc) is 2.99. The molecule has 0 aliphatic carbocycles. The molecule has 0 atom stereocenters. The number of thiophene rings is 1. The second-order valence-corrected chi connectivity index (χ2v) is 8.51. The number of hydrogen-bond donors (Lipinski definition) is 1. The molecule has 0 saturated carbocycles. The van der Waals surface area contributed by atoms with Crippen molar-refractivity contribution in [3.05, 3.63) is 40.7 Å². The summed E-state index contributed by atoms with van der Waals surface area (Å²) in [7, 11) is -2.13. The van der Waals surface area contributed by atoms with Gasteiger partial charge in [-0.05, 0) is 24.3 Å². The van der Waals surface area contributed by atoms with Crippen molar-refractivity contribution in [1.82, 2.24) is 4.72 Å². The highest BCUT2D eigenvalue weighted by Gasteiger charge is 2.19. The van der Waals surface area contributed by atoms with Crippen LogP contribution in [0.2, 0.25) is 4.34 Å². The van der Waals surface area contributed by atoms with E-state index in [1.807, 2.05) is 0 Å². The lowest BCUT2D eigenvalue weighted by atomic mass is 10.2. The minimum atomic E-state index is -3.64. The van der Waals surface area contributed by atoms with Gasteiger partial charge in [0.15, 0.2) is 0 Å². The molecule has 0 radical (unpaired) electrons. The van der Waals surface area contributed by atoms with Gasteiger partial charge in [-0.25, -0.2) is 13.1 Å². The minimum Gasteiger partial charge on any atom is -0.495 e. The molecule has 9 heteroatoms. The summed E-state index contributed by atoms with van der Waals surface area (Å²) in [5, 5.41) is 0. The molecule has 0 unspecified atom stereocenters. The van der Waals surface area contributed by atoms with Crippen molar-refractivity contribution in [3.8, 4) is 5.75 Å². The third-order valence-corrected chi connectivity index (χ3v) is 6.38. The standard InChI is InChI=1S/C15H17ClN2O4S2/c1-11(19)18(12-5-3-4-6-13(12)22-2)10-9-17-24(20,21)15-8-7-14(16)23-15/h3-8,17H,9-10H2,1-2H3. The molecule has 0 bridgehead atoms. The number of halogens is 1. The van der Waals surface area contributed by atoms with Gasteiger partial charge >= 0.3 is 0 Å². The molecule has 24 heavy (non-hydrogen) atoms. The Morgan fingerprint density at radius 1 is 1.29 bits per heavy atom. The molecule has 1 amide bonds. The van der Waals surface area contributed by atoms with E-state index >= 15 is 0 Å². The van der Waals surface area contributed by atoms with Crippen molar-refractivity contribution in [2.45, 2.75) is 11.1 Å². The van der Waals surface area contributed by atoms with Gasteiger partial charge < -0.3 is 9.64 Å². The van der Waals surface area contributed by atoms with Gasteiger partial charge in [0.2, 0.25) is 15.9 Å². The van der Waals surface area contributed by atoms with Crippen LogP contribution in [0.15, 0.2) is 40.6 Å². The molecule has 1 heterocycles. The number of hydrogen-bond acceptors (Lipinski definition) is 5. The monoisotopic (exact) mass is 388 g/mol. The molecule has 2 aromatic rings. The lowest BCUT2D eigenvalue weighted by Gasteiger charge is -2.23. The van der Waals surface area contributed by atoms with E-state index < -0.39 is 10.0 Å². The van der Waals surface area contributed by atoms with E-state index in [4.69, 9.17) is 16.3 Å². The van der Waals surface area contributed by atoms with Gasteiger partial charge in [0, 0.05) is 20.0 Å². The summed E-state index contributed by atoms with van der Waals surface area (Å²) >= 11 is 6.74. The predicted octanol–water partition coefficient (Wildman–Crippen LogP) is 2.74. The predicted molar refractivity (Wildman–Crippen MR) is 95.5 cm³/mol. The van der Waals surface area contributed by atoms with Crippen LogP contribution < -0.4 is 14.4 Å². The summed E-state index contributed by atoms with van der Waals surface area (Å²) < 4.78 is 32.6. The molecule has 1 aromatic heterocycles. The Bertz CT molecular complexity index is 820. The zero-order chi connectivity index (χ0) is 17.7. The van der Waals surface area contributed by atoms with Crippen molar-refractivity contribution in [2.24, 2.45) is 0 Å².